The number of rotatable bonds is 5. The Morgan fingerprint density at radius 3 is 2.62 bits per heavy atom. The predicted molar refractivity (Wildman–Crippen MR) is 90.2 cm³/mol. The molecule has 0 aliphatic carbocycles. The fraction of sp³-hybridized carbons (Fsp3) is 0.333. The monoisotopic (exact) mass is 347 g/mol. The van der Waals surface area contributed by atoms with Crippen LogP contribution >= 0.6 is 0 Å². The van der Waals surface area contributed by atoms with E-state index in [0.29, 0.717) is 17.8 Å². The minimum absolute atomic E-state index is 0.00301. The zero-order chi connectivity index (χ0) is 17.2. The second kappa shape index (κ2) is 6.52. The summed E-state index contributed by atoms with van der Waals surface area (Å²) in [5, 5.41) is 13.8. The molecule has 1 fully saturated rings. The molecule has 1 aromatic carbocycles. The van der Waals surface area contributed by atoms with Crippen molar-refractivity contribution in [2.75, 3.05) is 22.1 Å². The van der Waals surface area contributed by atoms with Crippen molar-refractivity contribution in [3.8, 4) is 0 Å². The van der Waals surface area contributed by atoms with Crippen molar-refractivity contribution >= 4 is 33.1 Å². The van der Waals surface area contributed by atoms with Gasteiger partial charge in [0, 0.05) is 17.3 Å². The van der Waals surface area contributed by atoms with Gasteiger partial charge in [-0.05, 0) is 37.6 Å². The van der Waals surface area contributed by atoms with Crippen molar-refractivity contribution in [2.24, 2.45) is 0 Å². The first kappa shape index (κ1) is 16.3. The quantitative estimate of drug-likeness (QED) is 0.781. The van der Waals surface area contributed by atoms with Crippen molar-refractivity contribution in [3.63, 3.8) is 0 Å². The molecule has 1 aromatic heterocycles. The number of nitrogens with zero attached hydrogens (tertiary/aromatic N) is 3. The van der Waals surface area contributed by atoms with Crippen LogP contribution in [0, 0.1) is 0 Å². The van der Waals surface area contributed by atoms with Gasteiger partial charge in [0.1, 0.15) is 0 Å². The van der Waals surface area contributed by atoms with E-state index in [0.717, 1.165) is 5.69 Å². The molecule has 24 heavy (non-hydrogen) atoms. The average Bonchev–Trinajstić information content (AvgIpc) is 2.87. The molecule has 0 bridgehead atoms. The van der Waals surface area contributed by atoms with E-state index in [4.69, 9.17) is 0 Å². The van der Waals surface area contributed by atoms with Crippen molar-refractivity contribution in [1.82, 2.24) is 15.2 Å². The Bertz CT molecular complexity index is 852. The standard InChI is InChI=1S/C15H17N5O3S/c1-10(21)11-2-4-12(5-3-11)17-14-8-16-20-15(19-14)18-13-6-7-24(22,23)9-13/h2-5,8,13H,6-7,9H2,1H3,(H2,17,18,19,20). The molecule has 2 aromatic rings. The van der Waals surface area contributed by atoms with Gasteiger partial charge < -0.3 is 10.6 Å². The highest BCUT2D eigenvalue weighted by molar-refractivity contribution is 7.91. The SMILES string of the molecule is CC(=O)c1ccc(Nc2cnnc(NC3CCS(=O)(=O)C3)n2)cc1. The number of aromatic nitrogens is 3. The molecule has 2 N–H and O–H groups in total. The van der Waals surface area contributed by atoms with Gasteiger partial charge in [0.15, 0.2) is 21.4 Å². The fourth-order valence-corrected chi connectivity index (χ4v) is 4.13. The van der Waals surface area contributed by atoms with Gasteiger partial charge in [-0.1, -0.05) is 0 Å². The molecule has 9 heteroatoms. The lowest BCUT2D eigenvalue weighted by Gasteiger charge is -2.11. The summed E-state index contributed by atoms with van der Waals surface area (Å²) in [6, 6.07) is 6.80. The van der Waals surface area contributed by atoms with E-state index in [2.05, 4.69) is 25.8 Å². The average molecular weight is 347 g/mol. The molecule has 2 heterocycles. The minimum atomic E-state index is -2.97. The molecule has 0 radical (unpaired) electrons. The Balaban J connectivity index is 1.68. The second-order valence-corrected chi connectivity index (χ2v) is 7.90. The van der Waals surface area contributed by atoms with E-state index in [1.54, 1.807) is 24.3 Å². The van der Waals surface area contributed by atoms with Gasteiger partial charge in [0.25, 0.3) is 0 Å². The van der Waals surface area contributed by atoms with Gasteiger partial charge in [-0.15, -0.1) is 5.10 Å². The number of hydrogen-bond donors (Lipinski definition) is 2. The molecule has 0 amide bonds. The van der Waals surface area contributed by atoms with Crippen LogP contribution < -0.4 is 10.6 Å². The number of carbonyl (C=O) groups is 1. The van der Waals surface area contributed by atoms with Crippen molar-refractivity contribution < 1.29 is 13.2 Å². The smallest absolute Gasteiger partial charge is 0.244 e. The third kappa shape index (κ3) is 4.05. The Morgan fingerprint density at radius 2 is 2.00 bits per heavy atom. The first-order chi connectivity index (χ1) is 11.4. The van der Waals surface area contributed by atoms with Gasteiger partial charge in [0.2, 0.25) is 5.95 Å². The summed E-state index contributed by atoms with van der Waals surface area (Å²) in [6.45, 7) is 1.51. The highest BCUT2D eigenvalue weighted by atomic mass is 32.2. The lowest BCUT2D eigenvalue weighted by atomic mass is 10.1. The van der Waals surface area contributed by atoms with Crippen LogP contribution in [0.1, 0.15) is 23.7 Å². The maximum absolute atomic E-state index is 11.5. The molecule has 1 saturated heterocycles. The van der Waals surface area contributed by atoms with Crippen LogP contribution in [0.5, 0.6) is 0 Å². The molecule has 1 aliphatic rings. The molecule has 126 valence electrons. The van der Waals surface area contributed by atoms with Gasteiger partial charge in [0.05, 0.1) is 17.7 Å². The minimum Gasteiger partial charge on any atom is -0.349 e. The summed E-state index contributed by atoms with van der Waals surface area (Å²) in [4.78, 5) is 15.5. The van der Waals surface area contributed by atoms with Gasteiger partial charge in [-0.25, -0.2) is 8.42 Å². The van der Waals surface area contributed by atoms with Crippen LogP contribution in [-0.2, 0) is 9.84 Å². The fourth-order valence-electron chi connectivity index (χ4n) is 2.45. The highest BCUT2D eigenvalue weighted by Gasteiger charge is 2.28. The van der Waals surface area contributed by atoms with E-state index >= 15 is 0 Å². The first-order valence-corrected chi connectivity index (χ1v) is 9.28. The number of carbonyl (C=O) groups excluding carboxylic acids is 1. The van der Waals surface area contributed by atoms with Crippen LogP contribution in [0.25, 0.3) is 0 Å². The van der Waals surface area contributed by atoms with Crippen LogP contribution in [0.4, 0.5) is 17.5 Å². The lowest BCUT2D eigenvalue weighted by Crippen LogP contribution is -2.22. The first-order valence-electron chi connectivity index (χ1n) is 7.46. The van der Waals surface area contributed by atoms with Crippen molar-refractivity contribution in [3.05, 3.63) is 36.0 Å². The van der Waals surface area contributed by atoms with Crippen molar-refractivity contribution in [2.45, 2.75) is 19.4 Å². The Hall–Kier alpha value is -2.55. The van der Waals surface area contributed by atoms with E-state index in [1.165, 1.54) is 13.1 Å². The highest BCUT2D eigenvalue weighted by Crippen LogP contribution is 2.18. The van der Waals surface area contributed by atoms with Gasteiger partial charge >= 0.3 is 0 Å². The van der Waals surface area contributed by atoms with Gasteiger partial charge in [-0.3, -0.25) is 4.79 Å². The van der Waals surface area contributed by atoms with Crippen LogP contribution in [0.2, 0.25) is 0 Å². The normalized spacial score (nSPS) is 19.0. The second-order valence-electron chi connectivity index (χ2n) is 5.67. The van der Waals surface area contributed by atoms with Gasteiger partial charge in [-0.2, -0.15) is 10.1 Å². The number of Topliss-reactive ketones (excluding diaryl/α,β-unsaturated/α-hetero) is 1. The summed E-state index contributed by atoms with van der Waals surface area (Å²) >= 11 is 0. The largest absolute Gasteiger partial charge is 0.349 e. The maximum Gasteiger partial charge on any atom is 0.244 e. The molecular formula is C15H17N5O3S. The molecule has 3 rings (SSSR count). The zero-order valence-corrected chi connectivity index (χ0v) is 13.9. The van der Waals surface area contributed by atoms with E-state index in [-0.39, 0.29) is 29.3 Å². The number of benzene rings is 1. The number of ketones is 1. The summed E-state index contributed by atoms with van der Waals surface area (Å²) in [7, 11) is -2.97. The van der Waals surface area contributed by atoms with E-state index in [9.17, 15) is 13.2 Å². The molecular weight excluding hydrogens is 330 g/mol. The predicted octanol–water partition coefficient (Wildman–Crippen LogP) is 1.42. The molecule has 1 atom stereocenters. The molecule has 0 saturated carbocycles. The summed E-state index contributed by atoms with van der Waals surface area (Å²) < 4.78 is 23.0. The Morgan fingerprint density at radius 1 is 1.25 bits per heavy atom. The van der Waals surface area contributed by atoms with E-state index < -0.39 is 9.84 Å². The summed E-state index contributed by atoms with van der Waals surface area (Å²) in [5.74, 6) is 1.02. The molecule has 8 nitrogen and oxygen atoms in total. The topological polar surface area (TPSA) is 114 Å². The number of sulfone groups is 1. The molecule has 1 aliphatic heterocycles. The van der Waals surface area contributed by atoms with Crippen LogP contribution in [-0.4, -0.2) is 46.9 Å². The summed E-state index contributed by atoms with van der Waals surface area (Å²) in [6.07, 6.45) is 2.01. The van der Waals surface area contributed by atoms with Crippen LogP contribution in [0.3, 0.4) is 0 Å². The third-order valence-corrected chi connectivity index (χ3v) is 5.46. The summed E-state index contributed by atoms with van der Waals surface area (Å²) in [5.41, 5.74) is 1.39. The number of anilines is 3. The maximum atomic E-state index is 11.5. The number of nitrogens with one attached hydrogen (secondary N) is 2. The van der Waals surface area contributed by atoms with Crippen LogP contribution in [0.15, 0.2) is 30.5 Å². The van der Waals surface area contributed by atoms with E-state index in [1.807, 2.05) is 0 Å². The molecule has 0 spiro atoms. The molecule has 1 unspecified atom stereocenters. The number of hydrogen-bond acceptors (Lipinski definition) is 8. The van der Waals surface area contributed by atoms with Crippen molar-refractivity contribution in [1.29, 1.82) is 0 Å². The lowest BCUT2D eigenvalue weighted by molar-refractivity contribution is 0.101. The zero-order valence-electron chi connectivity index (χ0n) is 13.1. The third-order valence-electron chi connectivity index (χ3n) is 3.69. The Kier molecular flexibility index (Phi) is 4.43. The Labute approximate surface area is 139 Å².